The van der Waals surface area contributed by atoms with Gasteiger partial charge >= 0.3 is 0 Å². The molecule has 11 nitrogen and oxygen atoms in total. The van der Waals surface area contributed by atoms with Crippen molar-refractivity contribution in [2.45, 2.75) is 67.3 Å². The van der Waals surface area contributed by atoms with Crippen molar-refractivity contribution in [3.8, 4) is 0 Å². The molecule has 0 aromatic rings. The lowest BCUT2D eigenvalue weighted by molar-refractivity contribution is -0.339. The molecule has 9 N–H and O–H groups in total. The van der Waals surface area contributed by atoms with Crippen molar-refractivity contribution in [2.75, 3.05) is 6.61 Å². The Morgan fingerprint density at radius 3 is 1.52 bits per heavy atom. The second kappa shape index (κ2) is 7.21. The highest BCUT2D eigenvalue weighted by molar-refractivity contribution is 5.00. The van der Waals surface area contributed by atoms with Crippen molar-refractivity contribution < 1.29 is 55.4 Å². The summed E-state index contributed by atoms with van der Waals surface area (Å²) in [4.78, 5) is 0. The number of aliphatic hydroxyl groups excluding tert-OH is 9. The van der Waals surface area contributed by atoms with Crippen LogP contribution in [-0.2, 0) is 9.47 Å². The Kier molecular flexibility index (Phi) is 5.92. The van der Waals surface area contributed by atoms with E-state index in [4.69, 9.17) is 14.6 Å². The summed E-state index contributed by atoms with van der Waals surface area (Å²) in [5, 5.41) is 86.6. The van der Waals surface area contributed by atoms with E-state index < -0.39 is 73.9 Å². The molecule has 1 aliphatic carbocycles. The lowest BCUT2D eigenvalue weighted by Gasteiger charge is -2.45. The van der Waals surface area contributed by atoms with E-state index in [9.17, 15) is 40.9 Å². The number of hydrogen-bond donors (Lipinski definition) is 9. The summed E-state index contributed by atoms with van der Waals surface area (Å²) in [6.07, 6.45) is -18.9. The quantitative estimate of drug-likeness (QED) is 0.236. The van der Waals surface area contributed by atoms with Gasteiger partial charge in [0.05, 0.1) is 6.61 Å². The molecule has 2 unspecified atom stereocenters. The largest absolute Gasteiger partial charge is 0.394 e. The molecule has 23 heavy (non-hydrogen) atoms. The van der Waals surface area contributed by atoms with Gasteiger partial charge < -0.3 is 55.4 Å². The minimum absolute atomic E-state index is 0.704. The van der Waals surface area contributed by atoms with E-state index in [0.29, 0.717) is 0 Å². The Bertz CT molecular complexity index is 377. The van der Waals surface area contributed by atoms with Gasteiger partial charge in [0.1, 0.15) is 61.0 Å². The average Bonchev–Trinajstić information content (AvgIpc) is 2.54. The normalized spacial score (nSPS) is 54.9. The molecule has 11 heteroatoms. The van der Waals surface area contributed by atoms with Gasteiger partial charge in [0, 0.05) is 0 Å². The molecule has 0 amide bonds. The summed E-state index contributed by atoms with van der Waals surface area (Å²) in [7, 11) is 0. The van der Waals surface area contributed by atoms with Gasteiger partial charge in [-0.05, 0) is 0 Å². The monoisotopic (exact) mass is 342 g/mol. The van der Waals surface area contributed by atoms with Crippen molar-refractivity contribution in [3.05, 3.63) is 0 Å². The van der Waals surface area contributed by atoms with Crippen LogP contribution in [0.15, 0.2) is 0 Å². The Labute approximate surface area is 130 Å². The zero-order valence-corrected chi connectivity index (χ0v) is 11.9. The lowest BCUT2D eigenvalue weighted by Crippen LogP contribution is -2.67. The smallest absolute Gasteiger partial charge is 0.187 e. The zero-order chi connectivity index (χ0) is 17.5. The van der Waals surface area contributed by atoms with Gasteiger partial charge in [-0.15, -0.1) is 0 Å². The Hall–Kier alpha value is -0.440. The van der Waals surface area contributed by atoms with Crippen LogP contribution in [0.1, 0.15) is 0 Å². The van der Waals surface area contributed by atoms with Crippen molar-refractivity contribution in [3.63, 3.8) is 0 Å². The molecule has 11 atom stereocenters. The van der Waals surface area contributed by atoms with Gasteiger partial charge in [0.25, 0.3) is 0 Å². The van der Waals surface area contributed by atoms with Crippen LogP contribution in [0.2, 0.25) is 0 Å². The molecule has 2 aliphatic rings. The molecule has 0 bridgehead atoms. The van der Waals surface area contributed by atoms with Crippen LogP contribution in [0.4, 0.5) is 0 Å². The van der Waals surface area contributed by atoms with E-state index in [0.717, 1.165) is 0 Å². The minimum atomic E-state index is -1.83. The van der Waals surface area contributed by atoms with E-state index in [1.807, 2.05) is 0 Å². The Morgan fingerprint density at radius 1 is 0.609 bits per heavy atom. The summed E-state index contributed by atoms with van der Waals surface area (Å²) in [5.41, 5.74) is 0. The summed E-state index contributed by atoms with van der Waals surface area (Å²) < 4.78 is 10.2. The topological polar surface area (TPSA) is 201 Å². The maximum atomic E-state index is 9.85. The number of hydrogen-bond acceptors (Lipinski definition) is 11. The molecule has 1 saturated heterocycles. The van der Waals surface area contributed by atoms with Crippen molar-refractivity contribution in [1.29, 1.82) is 0 Å². The third-order valence-corrected chi connectivity index (χ3v) is 4.21. The van der Waals surface area contributed by atoms with Crippen molar-refractivity contribution in [1.82, 2.24) is 0 Å². The molecule has 1 aliphatic heterocycles. The summed E-state index contributed by atoms with van der Waals surface area (Å²) in [5.74, 6) is 0. The first-order chi connectivity index (χ1) is 10.7. The van der Waals surface area contributed by atoms with Gasteiger partial charge in [-0.25, -0.2) is 0 Å². The molecule has 0 aromatic carbocycles. The predicted molar refractivity (Wildman–Crippen MR) is 68.7 cm³/mol. The van der Waals surface area contributed by atoms with Crippen LogP contribution in [0.3, 0.4) is 0 Å². The van der Waals surface area contributed by atoms with Crippen LogP contribution in [0, 0.1) is 0 Å². The zero-order valence-electron chi connectivity index (χ0n) is 11.9. The number of aliphatic hydroxyl groups is 9. The van der Waals surface area contributed by atoms with Gasteiger partial charge in [0.15, 0.2) is 6.29 Å². The number of rotatable bonds is 3. The SMILES string of the molecule is OC[C@H]1O[C@@H](OC2[C@@H](O)[C@H](O)C(O)[C@H](O)[C@H]2O)[C@H](O)[C@@H](O)[C@H]1O. The standard InChI is InChI=1S/C12H22O11/c13-1-2-3(14)4(15)10(21)12(22-2)23-11-8(19)6(17)5(16)7(18)9(11)20/h2-21H,1H2/t2-,3+,4+,5?,6-,7+,8+,9-,10-,11?,12+/m1/s1. The van der Waals surface area contributed by atoms with E-state index in [1.54, 1.807) is 0 Å². The van der Waals surface area contributed by atoms with Crippen LogP contribution < -0.4 is 0 Å². The second-order valence-electron chi connectivity index (χ2n) is 5.75. The summed E-state index contributed by atoms with van der Waals surface area (Å²) in [6, 6.07) is 0. The number of ether oxygens (including phenoxy) is 2. The van der Waals surface area contributed by atoms with Gasteiger partial charge in [-0.3, -0.25) is 0 Å². The molecular formula is C12H22O11. The molecule has 2 rings (SSSR count). The van der Waals surface area contributed by atoms with Crippen LogP contribution in [0.25, 0.3) is 0 Å². The fourth-order valence-electron chi connectivity index (χ4n) is 2.69. The fraction of sp³-hybridized carbons (Fsp3) is 1.00. The highest BCUT2D eigenvalue weighted by Gasteiger charge is 2.52. The van der Waals surface area contributed by atoms with E-state index in [2.05, 4.69) is 0 Å². The van der Waals surface area contributed by atoms with Gasteiger partial charge in [-0.1, -0.05) is 0 Å². The fourth-order valence-corrected chi connectivity index (χ4v) is 2.69. The van der Waals surface area contributed by atoms with Crippen LogP contribution in [-0.4, -0.2) is 120 Å². The molecule has 1 saturated carbocycles. The van der Waals surface area contributed by atoms with Gasteiger partial charge in [-0.2, -0.15) is 0 Å². The first-order valence-electron chi connectivity index (χ1n) is 7.07. The maximum Gasteiger partial charge on any atom is 0.187 e. The molecule has 2 fully saturated rings. The Morgan fingerprint density at radius 2 is 1.04 bits per heavy atom. The average molecular weight is 342 g/mol. The summed E-state index contributed by atoms with van der Waals surface area (Å²) >= 11 is 0. The molecule has 0 spiro atoms. The highest BCUT2D eigenvalue weighted by Crippen LogP contribution is 2.29. The first kappa shape index (κ1) is 18.9. The van der Waals surface area contributed by atoms with Crippen LogP contribution >= 0.6 is 0 Å². The van der Waals surface area contributed by atoms with Crippen LogP contribution in [0.5, 0.6) is 0 Å². The highest BCUT2D eigenvalue weighted by atomic mass is 16.7. The molecule has 1 heterocycles. The summed E-state index contributed by atoms with van der Waals surface area (Å²) in [6.45, 7) is -0.704. The van der Waals surface area contributed by atoms with E-state index in [1.165, 1.54) is 0 Å². The van der Waals surface area contributed by atoms with Gasteiger partial charge in [0.2, 0.25) is 0 Å². The minimum Gasteiger partial charge on any atom is -0.394 e. The molecule has 0 radical (unpaired) electrons. The molecule has 136 valence electrons. The molecule has 0 aromatic heterocycles. The second-order valence-corrected chi connectivity index (χ2v) is 5.75. The molecular weight excluding hydrogens is 320 g/mol. The van der Waals surface area contributed by atoms with Crippen molar-refractivity contribution >= 4 is 0 Å². The predicted octanol–water partition coefficient (Wildman–Crippen LogP) is -6.01. The van der Waals surface area contributed by atoms with E-state index in [-0.39, 0.29) is 0 Å². The maximum absolute atomic E-state index is 9.85. The first-order valence-corrected chi connectivity index (χ1v) is 7.07. The Balaban J connectivity index is 2.13. The lowest BCUT2D eigenvalue weighted by atomic mass is 9.84. The van der Waals surface area contributed by atoms with Crippen molar-refractivity contribution in [2.24, 2.45) is 0 Å². The third kappa shape index (κ3) is 3.36. The van der Waals surface area contributed by atoms with E-state index >= 15 is 0 Å². The third-order valence-electron chi connectivity index (χ3n) is 4.21.